The minimum absolute atomic E-state index is 0.719. The van der Waals surface area contributed by atoms with Crippen LogP contribution in [0.1, 0.15) is 6.42 Å². The van der Waals surface area contributed by atoms with E-state index >= 15 is 0 Å². The van der Waals surface area contributed by atoms with E-state index in [-0.39, 0.29) is 0 Å². The molecule has 1 saturated heterocycles. The second kappa shape index (κ2) is 2.78. The lowest BCUT2D eigenvalue weighted by Gasteiger charge is -2.26. The van der Waals surface area contributed by atoms with E-state index in [9.17, 15) is 0 Å². The van der Waals surface area contributed by atoms with E-state index in [1.54, 1.807) is 11.9 Å². The number of rotatable bonds is 0. The van der Waals surface area contributed by atoms with Gasteiger partial charge < -0.3 is 0 Å². The molecule has 10 heavy (non-hydrogen) atoms. The van der Waals surface area contributed by atoms with Gasteiger partial charge in [0, 0.05) is 17.4 Å². The molecule has 0 aromatic rings. The molecule has 1 fully saturated rings. The summed E-state index contributed by atoms with van der Waals surface area (Å²) in [5, 5.41) is 0. The molecule has 1 unspecified atom stereocenters. The Morgan fingerprint density at radius 3 is 3.50 bits per heavy atom. The molecule has 0 spiro atoms. The Hall–Kier alpha value is -0.250. The molecule has 2 aliphatic rings. The van der Waals surface area contributed by atoms with Crippen LogP contribution < -0.4 is 10.3 Å². The number of hydrazine groups is 1. The van der Waals surface area contributed by atoms with Crippen molar-refractivity contribution < 1.29 is 0 Å². The molecule has 0 radical (unpaired) electrons. The van der Waals surface area contributed by atoms with Gasteiger partial charge in [0.1, 0.15) is 0 Å². The van der Waals surface area contributed by atoms with E-state index in [0.29, 0.717) is 0 Å². The first-order chi connectivity index (χ1) is 4.97. The Kier molecular flexibility index (Phi) is 1.80. The van der Waals surface area contributed by atoms with Crippen LogP contribution in [0, 0.1) is 5.92 Å². The highest BCUT2D eigenvalue weighted by Gasteiger charge is 2.18. The van der Waals surface area contributed by atoms with Crippen LogP contribution in [0.4, 0.5) is 0 Å². The summed E-state index contributed by atoms with van der Waals surface area (Å²) in [5.74, 6) is 0.719. The predicted molar refractivity (Wildman–Crippen MR) is 44.1 cm³/mol. The summed E-state index contributed by atoms with van der Waals surface area (Å²) in [4.78, 5) is 4.51. The van der Waals surface area contributed by atoms with Gasteiger partial charge in [0.2, 0.25) is 0 Å². The zero-order chi connectivity index (χ0) is 6.81. The fraction of sp³-hybridized carbons (Fsp3) is 0.429. The molecule has 0 aromatic heterocycles. The maximum atomic E-state index is 3.12. The lowest BCUT2D eigenvalue weighted by atomic mass is 10.0. The highest BCUT2D eigenvalue weighted by atomic mass is 32.2. The van der Waals surface area contributed by atoms with Crippen LogP contribution in [0.5, 0.6) is 0 Å². The van der Waals surface area contributed by atoms with Crippen molar-refractivity contribution in [1.29, 1.82) is 0 Å². The Morgan fingerprint density at radius 1 is 1.60 bits per heavy atom. The van der Waals surface area contributed by atoms with Crippen LogP contribution in [-0.4, -0.2) is 6.54 Å². The Labute approximate surface area is 64.9 Å². The summed E-state index contributed by atoms with van der Waals surface area (Å²) < 4.78 is 0. The van der Waals surface area contributed by atoms with Crippen molar-refractivity contribution in [3.63, 3.8) is 0 Å². The molecule has 2 rings (SSSR count). The molecule has 3 heteroatoms. The molecular weight excluding hydrogens is 144 g/mol. The fourth-order valence-corrected chi connectivity index (χ4v) is 1.99. The first kappa shape index (κ1) is 6.46. The maximum Gasteiger partial charge on any atom is 0.0186 e. The minimum atomic E-state index is 0.719. The van der Waals surface area contributed by atoms with Crippen molar-refractivity contribution in [2.75, 3.05) is 6.54 Å². The Morgan fingerprint density at radius 2 is 2.60 bits per heavy atom. The molecule has 0 saturated carbocycles. The zero-order valence-corrected chi connectivity index (χ0v) is 6.45. The molecular formula is C7H10N2S. The number of hydrogen-bond acceptors (Lipinski definition) is 3. The normalized spacial score (nSPS) is 31.2. The summed E-state index contributed by atoms with van der Waals surface area (Å²) in [5.41, 5.74) is 3.12. The summed E-state index contributed by atoms with van der Waals surface area (Å²) in [7, 11) is 0. The van der Waals surface area contributed by atoms with Gasteiger partial charge in [0.25, 0.3) is 0 Å². The molecule has 1 atom stereocenters. The SMILES string of the molecule is C1=CCC2CNNSC2=C1. The van der Waals surface area contributed by atoms with E-state index in [1.807, 2.05) is 0 Å². The van der Waals surface area contributed by atoms with Gasteiger partial charge in [0.05, 0.1) is 0 Å². The van der Waals surface area contributed by atoms with Crippen molar-refractivity contribution in [3.8, 4) is 0 Å². The van der Waals surface area contributed by atoms with Crippen LogP contribution in [0.25, 0.3) is 0 Å². The lowest BCUT2D eigenvalue weighted by molar-refractivity contribution is 0.529. The molecule has 1 aliphatic heterocycles. The third kappa shape index (κ3) is 1.12. The van der Waals surface area contributed by atoms with Crippen molar-refractivity contribution in [1.82, 2.24) is 10.3 Å². The first-order valence-electron chi connectivity index (χ1n) is 3.48. The quantitative estimate of drug-likeness (QED) is 0.513. The van der Waals surface area contributed by atoms with Gasteiger partial charge in [-0.1, -0.05) is 18.2 Å². The van der Waals surface area contributed by atoms with Crippen LogP contribution >= 0.6 is 11.9 Å². The van der Waals surface area contributed by atoms with Gasteiger partial charge in [-0.25, -0.2) is 5.43 Å². The molecule has 0 bridgehead atoms. The van der Waals surface area contributed by atoms with E-state index < -0.39 is 0 Å². The minimum Gasteiger partial charge on any atom is -0.247 e. The van der Waals surface area contributed by atoms with E-state index in [2.05, 4.69) is 28.5 Å². The van der Waals surface area contributed by atoms with Crippen LogP contribution in [0.2, 0.25) is 0 Å². The average molecular weight is 154 g/mol. The highest BCUT2D eigenvalue weighted by molar-refractivity contribution is 8.01. The van der Waals surface area contributed by atoms with Crippen molar-refractivity contribution >= 4 is 11.9 Å². The molecule has 54 valence electrons. The second-order valence-electron chi connectivity index (χ2n) is 2.51. The lowest BCUT2D eigenvalue weighted by Crippen LogP contribution is -2.37. The standard InChI is InChI=1S/C7H10N2S/c1-2-4-7-6(3-1)5-8-9-10-7/h1-2,4,6,8-9H,3,5H2. The summed E-state index contributed by atoms with van der Waals surface area (Å²) in [6.07, 6.45) is 7.73. The van der Waals surface area contributed by atoms with Gasteiger partial charge in [0.15, 0.2) is 0 Å². The number of hydrogen-bond donors (Lipinski definition) is 2. The number of nitrogens with one attached hydrogen (secondary N) is 2. The van der Waals surface area contributed by atoms with E-state index in [1.165, 1.54) is 11.3 Å². The summed E-state index contributed by atoms with van der Waals surface area (Å²) >= 11 is 1.70. The van der Waals surface area contributed by atoms with Crippen molar-refractivity contribution in [3.05, 3.63) is 23.1 Å². The summed E-state index contributed by atoms with van der Waals surface area (Å²) in [6, 6.07) is 0. The monoisotopic (exact) mass is 154 g/mol. The third-order valence-corrected chi connectivity index (χ3v) is 2.76. The van der Waals surface area contributed by atoms with Crippen LogP contribution in [0.3, 0.4) is 0 Å². The second-order valence-corrected chi connectivity index (χ2v) is 3.39. The average Bonchev–Trinajstić information content (AvgIpc) is 2.05. The van der Waals surface area contributed by atoms with E-state index in [0.717, 1.165) is 12.5 Å². The predicted octanol–water partition coefficient (Wildman–Crippen LogP) is 1.20. The highest BCUT2D eigenvalue weighted by Crippen LogP contribution is 2.29. The number of fused-ring (bicyclic) bond motifs is 1. The molecule has 1 aliphatic carbocycles. The fourth-order valence-electron chi connectivity index (χ4n) is 1.22. The van der Waals surface area contributed by atoms with Crippen molar-refractivity contribution in [2.24, 2.45) is 5.92 Å². The van der Waals surface area contributed by atoms with Crippen LogP contribution in [0.15, 0.2) is 23.1 Å². The zero-order valence-electron chi connectivity index (χ0n) is 5.63. The topological polar surface area (TPSA) is 24.1 Å². The van der Waals surface area contributed by atoms with Gasteiger partial charge >= 0.3 is 0 Å². The number of allylic oxidation sites excluding steroid dienone is 3. The Balaban J connectivity index is 2.14. The molecule has 2 nitrogen and oxygen atoms in total. The molecule has 1 heterocycles. The first-order valence-corrected chi connectivity index (χ1v) is 4.30. The Bertz CT molecular complexity index is 186. The van der Waals surface area contributed by atoms with Gasteiger partial charge in [-0.2, -0.15) is 4.83 Å². The van der Waals surface area contributed by atoms with E-state index in [4.69, 9.17) is 0 Å². The molecule has 0 aromatic carbocycles. The summed E-state index contributed by atoms with van der Waals surface area (Å²) in [6.45, 7) is 1.06. The maximum absolute atomic E-state index is 3.12. The smallest absolute Gasteiger partial charge is 0.0186 e. The molecule has 0 amide bonds. The largest absolute Gasteiger partial charge is 0.247 e. The van der Waals surface area contributed by atoms with Crippen molar-refractivity contribution in [2.45, 2.75) is 6.42 Å². The van der Waals surface area contributed by atoms with Gasteiger partial charge in [-0.05, 0) is 18.4 Å². The van der Waals surface area contributed by atoms with Crippen LogP contribution in [-0.2, 0) is 0 Å². The third-order valence-electron chi connectivity index (χ3n) is 1.81. The van der Waals surface area contributed by atoms with Gasteiger partial charge in [-0.3, -0.25) is 0 Å². The van der Waals surface area contributed by atoms with Gasteiger partial charge in [-0.15, -0.1) is 0 Å². The molecule has 2 N–H and O–H groups in total.